The highest BCUT2D eigenvalue weighted by Gasteiger charge is 2.25. The first-order chi connectivity index (χ1) is 8.24. The molecule has 3 heterocycles. The summed E-state index contributed by atoms with van der Waals surface area (Å²) < 4.78 is 3.09. The first-order valence-corrected chi connectivity index (χ1v) is 7.28. The maximum absolute atomic E-state index is 4.25. The monoisotopic (exact) mass is 312 g/mol. The molecule has 0 amide bonds. The van der Waals surface area contributed by atoms with Gasteiger partial charge in [0.15, 0.2) is 0 Å². The molecule has 0 saturated carbocycles. The largest absolute Gasteiger partial charge is 0.314 e. The molecule has 6 heteroatoms. The van der Waals surface area contributed by atoms with Crippen molar-refractivity contribution in [3.63, 3.8) is 0 Å². The van der Waals surface area contributed by atoms with Crippen LogP contribution in [0.1, 0.15) is 13.0 Å². The van der Waals surface area contributed by atoms with E-state index in [1.54, 1.807) is 11.3 Å². The van der Waals surface area contributed by atoms with Gasteiger partial charge in [-0.05, 0) is 34.5 Å². The number of nitrogens with zero attached hydrogens (tertiary/aromatic N) is 3. The Balaban J connectivity index is 1.87. The molecule has 0 radical (unpaired) electrons. The average molecular weight is 313 g/mol. The van der Waals surface area contributed by atoms with Crippen LogP contribution in [0.15, 0.2) is 22.1 Å². The van der Waals surface area contributed by atoms with Crippen molar-refractivity contribution in [1.82, 2.24) is 20.3 Å². The minimum absolute atomic E-state index is 0.430. The van der Waals surface area contributed by atoms with E-state index < -0.39 is 0 Å². The molecule has 1 aliphatic heterocycles. The van der Waals surface area contributed by atoms with Gasteiger partial charge in [0, 0.05) is 16.4 Å². The number of hydrogen-bond donors (Lipinski definition) is 1. The molecule has 90 valence electrons. The molecule has 1 saturated heterocycles. The van der Waals surface area contributed by atoms with Gasteiger partial charge in [-0.1, -0.05) is 12.1 Å². The molecule has 1 fully saturated rings. The van der Waals surface area contributed by atoms with Gasteiger partial charge in [-0.15, -0.1) is 16.4 Å². The minimum Gasteiger partial charge on any atom is -0.314 e. The number of halogens is 1. The van der Waals surface area contributed by atoms with Crippen molar-refractivity contribution < 1.29 is 0 Å². The highest BCUT2D eigenvalue weighted by atomic mass is 79.9. The summed E-state index contributed by atoms with van der Waals surface area (Å²) in [6, 6.07) is 2.51. The Hall–Kier alpha value is -0.720. The molecule has 1 N–H and O–H groups in total. The summed E-state index contributed by atoms with van der Waals surface area (Å²) in [6.07, 6.45) is 2.05. The Morgan fingerprint density at radius 2 is 2.41 bits per heavy atom. The minimum atomic E-state index is 0.430. The molecule has 4 nitrogen and oxygen atoms in total. The van der Waals surface area contributed by atoms with Crippen LogP contribution in [0.25, 0.3) is 10.6 Å². The van der Waals surface area contributed by atoms with Gasteiger partial charge in [-0.3, -0.25) is 0 Å². The first kappa shape index (κ1) is 11.4. The van der Waals surface area contributed by atoms with Gasteiger partial charge < -0.3 is 5.32 Å². The number of hydrogen-bond acceptors (Lipinski definition) is 4. The number of nitrogens with one attached hydrogen (secondary N) is 1. The predicted molar refractivity (Wildman–Crippen MR) is 72.1 cm³/mol. The molecule has 1 aliphatic rings. The summed E-state index contributed by atoms with van der Waals surface area (Å²) in [5.41, 5.74) is 0.958. The fourth-order valence-corrected chi connectivity index (χ4v) is 3.53. The van der Waals surface area contributed by atoms with E-state index in [0.29, 0.717) is 12.0 Å². The quantitative estimate of drug-likeness (QED) is 0.926. The van der Waals surface area contributed by atoms with E-state index in [1.807, 2.05) is 10.9 Å². The van der Waals surface area contributed by atoms with E-state index in [1.165, 1.54) is 0 Å². The molecule has 2 atom stereocenters. The zero-order chi connectivity index (χ0) is 11.8. The van der Waals surface area contributed by atoms with E-state index in [-0.39, 0.29) is 0 Å². The van der Waals surface area contributed by atoms with Crippen LogP contribution in [0.4, 0.5) is 0 Å². The fourth-order valence-electron chi connectivity index (χ4n) is 2.15. The third-order valence-electron chi connectivity index (χ3n) is 3.15. The van der Waals surface area contributed by atoms with E-state index in [2.05, 4.69) is 49.9 Å². The zero-order valence-corrected chi connectivity index (χ0v) is 11.8. The second-order valence-electron chi connectivity index (χ2n) is 4.42. The molecular formula is C11H13BrN4S. The van der Waals surface area contributed by atoms with Crippen molar-refractivity contribution in [2.75, 3.05) is 13.1 Å². The Morgan fingerprint density at radius 3 is 3.06 bits per heavy atom. The summed E-state index contributed by atoms with van der Waals surface area (Å²) in [5.74, 6) is 0.611. The first-order valence-electron chi connectivity index (χ1n) is 5.61. The van der Waals surface area contributed by atoms with Crippen LogP contribution in [0.2, 0.25) is 0 Å². The fraction of sp³-hybridized carbons (Fsp3) is 0.455. The van der Waals surface area contributed by atoms with Crippen LogP contribution >= 0.6 is 27.3 Å². The number of thiophene rings is 1. The van der Waals surface area contributed by atoms with E-state index in [0.717, 1.165) is 28.1 Å². The van der Waals surface area contributed by atoms with Crippen LogP contribution in [-0.2, 0) is 0 Å². The molecule has 3 rings (SSSR count). The van der Waals surface area contributed by atoms with Gasteiger partial charge >= 0.3 is 0 Å². The molecule has 0 aliphatic carbocycles. The topological polar surface area (TPSA) is 42.7 Å². The lowest BCUT2D eigenvalue weighted by atomic mass is 10.1. The highest BCUT2D eigenvalue weighted by Crippen LogP contribution is 2.29. The average Bonchev–Trinajstić information content (AvgIpc) is 2.97. The smallest absolute Gasteiger partial charge is 0.123 e. The molecule has 2 aromatic rings. The molecule has 0 bridgehead atoms. The second kappa shape index (κ2) is 4.51. The van der Waals surface area contributed by atoms with E-state index in [9.17, 15) is 0 Å². The van der Waals surface area contributed by atoms with Crippen LogP contribution < -0.4 is 5.32 Å². The lowest BCUT2D eigenvalue weighted by molar-refractivity contribution is 0.392. The SMILES string of the molecule is C[C@@H]1CNC[C@H]1n1cc(-c2cc(Br)cs2)nn1. The maximum Gasteiger partial charge on any atom is 0.123 e. The van der Waals surface area contributed by atoms with Crippen LogP contribution in [0.3, 0.4) is 0 Å². The van der Waals surface area contributed by atoms with Gasteiger partial charge in [0.2, 0.25) is 0 Å². The Kier molecular flexibility index (Phi) is 3.02. The zero-order valence-electron chi connectivity index (χ0n) is 9.43. The summed E-state index contributed by atoms with van der Waals surface area (Å²) in [6.45, 7) is 4.29. The van der Waals surface area contributed by atoms with E-state index >= 15 is 0 Å². The molecule has 17 heavy (non-hydrogen) atoms. The second-order valence-corrected chi connectivity index (χ2v) is 6.24. The van der Waals surface area contributed by atoms with Crippen molar-refractivity contribution in [3.05, 3.63) is 22.1 Å². The summed E-state index contributed by atoms with van der Waals surface area (Å²) in [4.78, 5) is 1.15. The molecule has 0 unspecified atom stereocenters. The maximum atomic E-state index is 4.25. The summed E-state index contributed by atoms with van der Waals surface area (Å²) in [7, 11) is 0. The predicted octanol–water partition coefficient (Wildman–Crippen LogP) is 2.55. The number of aromatic nitrogens is 3. The van der Waals surface area contributed by atoms with Gasteiger partial charge in [0.1, 0.15) is 5.69 Å². The normalized spacial score (nSPS) is 24.4. The Labute approximate surface area is 112 Å². The van der Waals surface area contributed by atoms with Crippen LogP contribution in [0.5, 0.6) is 0 Å². The van der Waals surface area contributed by atoms with Crippen molar-refractivity contribution >= 4 is 27.3 Å². The molecule has 0 aromatic carbocycles. The van der Waals surface area contributed by atoms with Crippen molar-refractivity contribution in [2.45, 2.75) is 13.0 Å². The van der Waals surface area contributed by atoms with Gasteiger partial charge in [0.25, 0.3) is 0 Å². The molecular weight excluding hydrogens is 300 g/mol. The summed E-state index contributed by atoms with van der Waals surface area (Å²) in [5, 5.41) is 13.9. The van der Waals surface area contributed by atoms with E-state index in [4.69, 9.17) is 0 Å². The standard InChI is InChI=1S/C11H13BrN4S/c1-7-3-13-4-10(7)16-5-9(14-15-16)11-2-8(12)6-17-11/h2,5-7,10,13H,3-4H2,1H3/t7-,10-/m1/s1. The van der Waals surface area contributed by atoms with Crippen molar-refractivity contribution in [2.24, 2.45) is 5.92 Å². The summed E-state index contributed by atoms with van der Waals surface area (Å²) >= 11 is 5.14. The van der Waals surface area contributed by atoms with Gasteiger partial charge in [0.05, 0.1) is 17.1 Å². The molecule has 2 aromatic heterocycles. The third kappa shape index (κ3) is 2.17. The lowest BCUT2D eigenvalue weighted by Crippen LogP contribution is -2.16. The van der Waals surface area contributed by atoms with Crippen molar-refractivity contribution in [1.29, 1.82) is 0 Å². The number of rotatable bonds is 2. The van der Waals surface area contributed by atoms with Crippen LogP contribution in [0, 0.1) is 5.92 Å². The molecule has 0 spiro atoms. The third-order valence-corrected chi connectivity index (χ3v) is 4.86. The van der Waals surface area contributed by atoms with Gasteiger partial charge in [-0.25, -0.2) is 4.68 Å². The van der Waals surface area contributed by atoms with Crippen molar-refractivity contribution in [3.8, 4) is 10.6 Å². The lowest BCUT2D eigenvalue weighted by Gasteiger charge is -2.12. The van der Waals surface area contributed by atoms with Gasteiger partial charge in [-0.2, -0.15) is 0 Å². The Bertz CT molecular complexity index is 521. The van der Waals surface area contributed by atoms with Crippen LogP contribution in [-0.4, -0.2) is 28.1 Å². The Morgan fingerprint density at radius 1 is 1.53 bits per heavy atom. The highest BCUT2D eigenvalue weighted by molar-refractivity contribution is 9.10.